The van der Waals surface area contributed by atoms with Crippen LogP contribution in [0.2, 0.25) is 0 Å². The topological polar surface area (TPSA) is 193 Å². The van der Waals surface area contributed by atoms with E-state index in [4.69, 9.17) is 9.47 Å². The Morgan fingerprint density at radius 3 is 2.56 bits per heavy atom. The van der Waals surface area contributed by atoms with E-state index >= 15 is 0 Å². The number of hydrogen-bond donors (Lipinski definition) is 4. The van der Waals surface area contributed by atoms with E-state index in [0.717, 1.165) is 5.39 Å². The van der Waals surface area contributed by atoms with Crippen LogP contribution in [-0.2, 0) is 24.4 Å². The first kappa shape index (κ1) is 37.3. The van der Waals surface area contributed by atoms with Crippen molar-refractivity contribution in [2.24, 2.45) is 17.8 Å². The number of allylic oxidation sites excluding steroid dienone is 1. The van der Waals surface area contributed by atoms with E-state index < -0.39 is 80.8 Å². The van der Waals surface area contributed by atoms with Crippen LogP contribution in [0.15, 0.2) is 42.6 Å². The highest BCUT2D eigenvalue weighted by Crippen LogP contribution is 2.48. The number of rotatable bonds is 9. The Morgan fingerprint density at radius 2 is 1.88 bits per heavy atom. The summed E-state index contributed by atoms with van der Waals surface area (Å²) in [5.41, 5.74) is -1.66. The first-order valence-corrected chi connectivity index (χ1v) is 19.3. The van der Waals surface area contributed by atoms with E-state index in [1.54, 1.807) is 13.0 Å². The molecule has 2 aromatic rings. The minimum atomic E-state index is -4.38. The Bertz CT molecular complexity index is 1870. The van der Waals surface area contributed by atoms with Crippen molar-refractivity contribution in [2.75, 3.05) is 19.8 Å². The number of halogens is 1. The number of fused-ring (bicyclic) bond motifs is 3. The average molecular weight is 744 g/mol. The number of sulfonamides is 1. The first-order valence-electron chi connectivity index (χ1n) is 17.8. The Balaban J connectivity index is 1.34. The van der Waals surface area contributed by atoms with Gasteiger partial charge in [-0.3, -0.25) is 19.1 Å². The maximum Gasteiger partial charge on any atom is 0.405 e. The van der Waals surface area contributed by atoms with Gasteiger partial charge in [0.2, 0.25) is 27.7 Å². The molecular formula is C36H46FN5O9S. The van der Waals surface area contributed by atoms with E-state index in [2.05, 4.69) is 20.3 Å². The molecule has 0 bridgehead atoms. The summed E-state index contributed by atoms with van der Waals surface area (Å²) in [5, 5.41) is 16.3. The number of hydrogen-bond acceptors (Lipinski definition) is 9. The number of nitrogens with zero attached hydrogens (tertiary/aromatic N) is 2. The summed E-state index contributed by atoms with van der Waals surface area (Å²) in [6, 6.07) is 4.93. The van der Waals surface area contributed by atoms with E-state index in [9.17, 15) is 37.1 Å². The number of carbonyl (C=O) groups is 4. The largest absolute Gasteiger partial charge is 0.492 e. The van der Waals surface area contributed by atoms with E-state index in [1.807, 2.05) is 44.2 Å². The van der Waals surface area contributed by atoms with Crippen LogP contribution in [0.4, 0.5) is 9.18 Å². The molecule has 3 fully saturated rings. The van der Waals surface area contributed by atoms with E-state index in [1.165, 1.54) is 11.1 Å². The van der Waals surface area contributed by atoms with Crippen LogP contribution in [0.1, 0.15) is 65.7 Å². The smallest absolute Gasteiger partial charge is 0.405 e. The van der Waals surface area contributed by atoms with Gasteiger partial charge in [-0.1, -0.05) is 44.2 Å². The van der Waals surface area contributed by atoms with Crippen LogP contribution in [0.25, 0.3) is 10.8 Å². The molecule has 16 heteroatoms. The van der Waals surface area contributed by atoms with Crippen molar-refractivity contribution in [2.45, 2.75) is 94.2 Å². The molecule has 2 saturated carbocycles. The molecule has 52 heavy (non-hydrogen) atoms. The second-order valence-corrected chi connectivity index (χ2v) is 16.7. The number of nitrogens with one attached hydrogen (secondary N) is 3. The summed E-state index contributed by atoms with van der Waals surface area (Å²) in [5.74, 6) is -2.42. The number of benzene rings is 1. The first-order chi connectivity index (χ1) is 24.7. The van der Waals surface area contributed by atoms with Gasteiger partial charge in [0.05, 0.1) is 19.3 Å². The summed E-state index contributed by atoms with van der Waals surface area (Å²) < 4.78 is 52.4. The number of carbonyl (C=O) groups excluding carboxylic acids is 3. The lowest BCUT2D eigenvalue weighted by molar-refractivity contribution is -0.142. The molecule has 4 amide bonds. The molecular weight excluding hydrogens is 697 g/mol. The maximum absolute atomic E-state index is 14.4. The second kappa shape index (κ2) is 14.5. The van der Waals surface area contributed by atoms with Crippen molar-refractivity contribution >= 4 is 44.6 Å². The van der Waals surface area contributed by atoms with Gasteiger partial charge in [0.25, 0.3) is 5.91 Å². The zero-order chi connectivity index (χ0) is 37.4. The van der Waals surface area contributed by atoms with Crippen molar-refractivity contribution in [3.8, 4) is 11.6 Å². The van der Waals surface area contributed by atoms with Gasteiger partial charge in [-0.2, -0.15) is 0 Å². The fourth-order valence-electron chi connectivity index (χ4n) is 7.55. The van der Waals surface area contributed by atoms with Gasteiger partial charge in [-0.25, -0.2) is 22.6 Å². The van der Waals surface area contributed by atoms with Crippen molar-refractivity contribution < 1.29 is 46.6 Å². The van der Waals surface area contributed by atoms with Crippen molar-refractivity contribution in [1.82, 2.24) is 25.2 Å². The molecule has 3 heterocycles. The van der Waals surface area contributed by atoms with Crippen molar-refractivity contribution in [1.29, 1.82) is 0 Å². The summed E-state index contributed by atoms with van der Waals surface area (Å²) in [6.45, 7) is 4.83. The molecule has 0 spiro atoms. The SMILES string of the molecule is CCOc1cnc(O[C@@H]2C[C@H]3C(=O)N[C@]4(C(=O)NS(=O)(=O)C5(CF)CC5)C[C@H]4/C=C\CC[C@@H](C)C[C@@H](C)[C@H](NC(=O)O)C(=O)N3C2)c2ccccc12. The van der Waals surface area contributed by atoms with Crippen molar-refractivity contribution in [3.05, 3.63) is 42.6 Å². The van der Waals surface area contributed by atoms with E-state index in [0.29, 0.717) is 37.0 Å². The van der Waals surface area contributed by atoms with Gasteiger partial charge in [0.15, 0.2) is 0 Å². The Labute approximate surface area is 301 Å². The summed E-state index contributed by atoms with van der Waals surface area (Å²) in [6.07, 6.45) is 5.07. The second-order valence-electron chi connectivity index (χ2n) is 14.7. The molecule has 1 saturated heterocycles. The molecule has 14 nitrogen and oxygen atoms in total. The normalized spacial score (nSPS) is 30.8. The van der Waals surface area contributed by atoms with Gasteiger partial charge < -0.3 is 30.1 Å². The van der Waals surface area contributed by atoms with Gasteiger partial charge >= 0.3 is 6.09 Å². The Hall–Kier alpha value is -4.47. The van der Waals surface area contributed by atoms with Crippen LogP contribution in [0.3, 0.4) is 0 Å². The number of amides is 4. The minimum Gasteiger partial charge on any atom is -0.492 e. The third-order valence-corrected chi connectivity index (χ3v) is 13.0. The number of aromatic nitrogens is 1. The molecule has 1 aromatic carbocycles. The van der Waals surface area contributed by atoms with Crippen molar-refractivity contribution in [3.63, 3.8) is 0 Å². The highest BCUT2D eigenvalue weighted by molar-refractivity contribution is 7.91. The van der Waals surface area contributed by atoms with Crippen LogP contribution in [-0.4, -0.2) is 95.5 Å². The van der Waals surface area contributed by atoms with Gasteiger partial charge in [-0.05, 0) is 63.4 Å². The molecule has 1 aromatic heterocycles. The summed E-state index contributed by atoms with van der Waals surface area (Å²) >= 11 is 0. The van der Waals surface area contributed by atoms with Crippen LogP contribution in [0, 0.1) is 17.8 Å². The highest BCUT2D eigenvalue weighted by atomic mass is 32.2. The molecule has 7 atom stereocenters. The Kier molecular flexibility index (Phi) is 10.4. The third kappa shape index (κ3) is 7.26. The zero-order valence-electron chi connectivity index (χ0n) is 29.5. The quantitative estimate of drug-likeness (QED) is 0.277. The van der Waals surface area contributed by atoms with Crippen LogP contribution < -0.4 is 24.8 Å². The lowest BCUT2D eigenvalue weighted by Crippen LogP contribution is -2.59. The molecule has 2 aliphatic carbocycles. The van der Waals surface area contributed by atoms with Crippen LogP contribution in [0.5, 0.6) is 11.6 Å². The molecule has 0 unspecified atom stereocenters. The summed E-state index contributed by atoms with van der Waals surface area (Å²) in [7, 11) is -4.38. The van der Waals surface area contributed by atoms with Crippen LogP contribution >= 0.6 is 0 Å². The van der Waals surface area contributed by atoms with Gasteiger partial charge in [0.1, 0.15) is 40.9 Å². The van der Waals surface area contributed by atoms with Gasteiger partial charge in [0, 0.05) is 23.1 Å². The predicted octanol–water partition coefficient (Wildman–Crippen LogP) is 3.45. The number of pyridine rings is 1. The fraction of sp³-hybridized carbons (Fsp3) is 0.583. The molecule has 0 radical (unpaired) electrons. The molecule has 6 rings (SSSR count). The maximum atomic E-state index is 14.4. The number of alkyl halides is 1. The monoisotopic (exact) mass is 743 g/mol. The molecule has 4 N–H and O–H groups in total. The minimum absolute atomic E-state index is 0.0349. The van der Waals surface area contributed by atoms with Gasteiger partial charge in [-0.15, -0.1) is 0 Å². The third-order valence-electron chi connectivity index (χ3n) is 10.8. The lowest BCUT2D eigenvalue weighted by atomic mass is 9.88. The fourth-order valence-corrected chi connectivity index (χ4v) is 8.97. The number of ether oxygens (including phenoxy) is 2. The standard InChI is InChI=1S/C36H46FN5O9S/c1-4-50-28-18-38-31(26-12-8-7-11-25(26)28)51-24-16-27-30(43)40-36(33(45)41-52(48,49)35(20-37)13-14-35)17-23(36)10-6-5-9-21(2)15-22(3)29(39-34(46)47)32(44)42(27)19-24/h6-8,10-12,18,21-24,27,29,39H,4-5,9,13-17,19-20H2,1-3H3,(H,40,43)(H,41,45)(H,46,47)/b10-6-/t21-,22-,23-,24-,27+,29+,36-/m1/s1. The highest BCUT2D eigenvalue weighted by Gasteiger charge is 2.64. The molecule has 282 valence electrons. The predicted molar refractivity (Wildman–Crippen MR) is 188 cm³/mol. The van der Waals surface area contributed by atoms with E-state index in [-0.39, 0.29) is 44.0 Å². The molecule has 4 aliphatic rings. The Morgan fingerprint density at radius 1 is 1.15 bits per heavy atom. The average Bonchev–Trinajstić information content (AvgIpc) is 4.01. The summed E-state index contributed by atoms with van der Waals surface area (Å²) in [4.78, 5) is 60.2. The molecule has 2 aliphatic heterocycles. The lowest BCUT2D eigenvalue weighted by Gasteiger charge is -2.32. The number of carboxylic acid groups (broad SMARTS) is 1. The zero-order valence-corrected chi connectivity index (χ0v) is 30.3.